The van der Waals surface area contributed by atoms with E-state index in [1.807, 2.05) is 12.1 Å². The van der Waals surface area contributed by atoms with Gasteiger partial charge in [-0.05, 0) is 42.4 Å². The van der Waals surface area contributed by atoms with E-state index in [4.69, 9.17) is 4.74 Å². The van der Waals surface area contributed by atoms with E-state index < -0.39 is 0 Å². The summed E-state index contributed by atoms with van der Waals surface area (Å²) in [5.74, 6) is 0. The Morgan fingerprint density at radius 2 is 2.05 bits per heavy atom. The number of urea groups is 1. The molecule has 1 aromatic rings. The Morgan fingerprint density at radius 1 is 1.33 bits per heavy atom. The molecule has 21 heavy (non-hydrogen) atoms. The number of aromatic nitrogens is 1. The summed E-state index contributed by atoms with van der Waals surface area (Å²) in [5, 5.41) is 6.13. The second-order valence-corrected chi connectivity index (χ2v) is 6.72. The van der Waals surface area contributed by atoms with Crippen LogP contribution in [0.25, 0.3) is 0 Å². The average Bonchev–Trinajstić information content (AvgIpc) is 3.06. The van der Waals surface area contributed by atoms with Crippen molar-refractivity contribution in [3.05, 3.63) is 30.1 Å². The molecule has 0 radical (unpaired) electrons. The molecule has 2 fully saturated rings. The van der Waals surface area contributed by atoms with E-state index in [0.29, 0.717) is 12.6 Å². The first kappa shape index (κ1) is 14.3. The molecule has 5 heteroatoms. The van der Waals surface area contributed by atoms with E-state index >= 15 is 0 Å². The lowest BCUT2D eigenvalue weighted by molar-refractivity contribution is 0.00219. The lowest BCUT2D eigenvalue weighted by atomic mass is 9.98. The molecule has 1 aliphatic heterocycles. The van der Waals surface area contributed by atoms with Gasteiger partial charge in [0.1, 0.15) is 0 Å². The van der Waals surface area contributed by atoms with Crippen molar-refractivity contribution in [2.24, 2.45) is 5.41 Å². The third-order valence-corrected chi connectivity index (χ3v) is 4.52. The lowest BCUT2D eigenvalue weighted by Crippen LogP contribution is -2.46. The second kappa shape index (κ2) is 5.64. The maximum Gasteiger partial charge on any atom is 0.315 e. The molecule has 0 bridgehead atoms. The third kappa shape index (κ3) is 3.53. The van der Waals surface area contributed by atoms with Crippen LogP contribution in [0.4, 0.5) is 4.79 Å². The number of amides is 2. The molecule has 2 N–H and O–H groups in total. The van der Waals surface area contributed by atoms with Crippen molar-refractivity contribution in [1.82, 2.24) is 15.6 Å². The highest BCUT2D eigenvalue weighted by Crippen LogP contribution is 2.44. The van der Waals surface area contributed by atoms with Crippen LogP contribution >= 0.6 is 0 Å². The van der Waals surface area contributed by atoms with E-state index in [-0.39, 0.29) is 23.6 Å². The molecule has 2 aliphatic rings. The fraction of sp³-hybridized carbons (Fsp3) is 0.625. The molecule has 1 aromatic heterocycles. The Labute approximate surface area is 125 Å². The molecule has 2 amide bonds. The average molecular weight is 289 g/mol. The van der Waals surface area contributed by atoms with Gasteiger partial charge in [0.05, 0.1) is 6.10 Å². The highest BCUT2D eigenvalue weighted by Gasteiger charge is 2.46. The molecule has 3 atom stereocenters. The Hall–Kier alpha value is -1.62. The number of carbonyl (C=O) groups excluding carboxylic acids is 1. The summed E-state index contributed by atoms with van der Waals surface area (Å²) in [6, 6.07) is 4.37. The van der Waals surface area contributed by atoms with Gasteiger partial charge < -0.3 is 15.4 Å². The quantitative estimate of drug-likeness (QED) is 0.898. The smallest absolute Gasteiger partial charge is 0.315 e. The molecule has 2 heterocycles. The van der Waals surface area contributed by atoms with Crippen LogP contribution in [0.15, 0.2) is 24.5 Å². The van der Waals surface area contributed by atoms with Crippen molar-refractivity contribution in [2.45, 2.75) is 51.3 Å². The second-order valence-electron chi connectivity index (χ2n) is 6.72. The van der Waals surface area contributed by atoms with Crippen LogP contribution in [0, 0.1) is 5.41 Å². The topological polar surface area (TPSA) is 63.2 Å². The van der Waals surface area contributed by atoms with Crippen molar-refractivity contribution < 1.29 is 9.53 Å². The number of rotatable bonds is 3. The standard InChI is InChI=1S/C16H23N3O2/c1-16(2)10-14(16)19-15(20)18-12-5-8-21-13(9-12)11-3-6-17-7-4-11/h3-4,6-7,12-14H,5,8-10H2,1-2H3,(H2,18,19,20). The summed E-state index contributed by atoms with van der Waals surface area (Å²) in [5.41, 5.74) is 1.38. The fourth-order valence-corrected chi connectivity index (χ4v) is 2.84. The first-order valence-corrected chi connectivity index (χ1v) is 7.63. The number of nitrogens with one attached hydrogen (secondary N) is 2. The molecule has 114 valence electrons. The maximum atomic E-state index is 12.0. The highest BCUT2D eigenvalue weighted by molar-refractivity contribution is 5.75. The van der Waals surface area contributed by atoms with Gasteiger partial charge in [0.15, 0.2) is 0 Å². The van der Waals surface area contributed by atoms with E-state index in [1.54, 1.807) is 12.4 Å². The van der Waals surface area contributed by atoms with Crippen LogP contribution in [-0.2, 0) is 4.74 Å². The summed E-state index contributed by atoms with van der Waals surface area (Å²) in [6.07, 6.45) is 6.34. The minimum Gasteiger partial charge on any atom is -0.373 e. The zero-order valence-corrected chi connectivity index (χ0v) is 12.6. The fourth-order valence-electron chi connectivity index (χ4n) is 2.84. The Morgan fingerprint density at radius 3 is 2.71 bits per heavy atom. The van der Waals surface area contributed by atoms with Crippen LogP contribution in [0.5, 0.6) is 0 Å². The molecular formula is C16H23N3O2. The van der Waals surface area contributed by atoms with Crippen LogP contribution in [0.3, 0.4) is 0 Å². The molecule has 1 aliphatic carbocycles. The van der Waals surface area contributed by atoms with Gasteiger partial charge in [-0.15, -0.1) is 0 Å². The van der Waals surface area contributed by atoms with Crippen LogP contribution in [0.2, 0.25) is 0 Å². The molecule has 0 spiro atoms. The van der Waals surface area contributed by atoms with Crippen LogP contribution < -0.4 is 10.6 Å². The number of nitrogens with zero attached hydrogens (tertiary/aromatic N) is 1. The van der Waals surface area contributed by atoms with Crippen LogP contribution in [0.1, 0.15) is 44.8 Å². The van der Waals surface area contributed by atoms with Crippen LogP contribution in [-0.4, -0.2) is 29.7 Å². The number of hydrogen-bond donors (Lipinski definition) is 2. The van der Waals surface area contributed by atoms with Crippen molar-refractivity contribution in [3.8, 4) is 0 Å². The van der Waals surface area contributed by atoms with Gasteiger partial charge >= 0.3 is 6.03 Å². The minimum absolute atomic E-state index is 0.0458. The number of hydrogen-bond acceptors (Lipinski definition) is 3. The number of carbonyl (C=O) groups is 1. The first-order valence-electron chi connectivity index (χ1n) is 7.63. The maximum absolute atomic E-state index is 12.0. The minimum atomic E-state index is -0.0500. The summed E-state index contributed by atoms with van der Waals surface area (Å²) in [6.45, 7) is 5.02. The SMILES string of the molecule is CC1(C)CC1NC(=O)NC1CCOC(c2ccncc2)C1. The summed E-state index contributed by atoms with van der Waals surface area (Å²) >= 11 is 0. The normalized spacial score (nSPS) is 30.5. The molecule has 1 saturated heterocycles. The van der Waals surface area contributed by atoms with Gasteiger partial charge in [-0.1, -0.05) is 13.8 Å². The summed E-state index contributed by atoms with van der Waals surface area (Å²) in [7, 11) is 0. The van der Waals surface area contributed by atoms with E-state index in [2.05, 4.69) is 29.5 Å². The first-order chi connectivity index (χ1) is 10.0. The molecule has 1 saturated carbocycles. The van der Waals surface area contributed by atoms with Gasteiger partial charge in [0.25, 0.3) is 0 Å². The van der Waals surface area contributed by atoms with E-state index in [1.165, 1.54) is 0 Å². The number of pyridine rings is 1. The van der Waals surface area contributed by atoms with Gasteiger partial charge in [0, 0.05) is 31.1 Å². The van der Waals surface area contributed by atoms with Gasteiger partial charge in [-0.3, -0.25) is 4.98 Å². The molecule has 0 aromatic carbocycles. The van der Waals surface area contributed by atoms with E-state index in [9.17, 15) is 4.79 Å². The van der Waals surface area contributed by atoms with E-state index in [0.717, 1.165) is 24.8 Å². The summed E-state index contributed by atoms with van der Waals surface area (Å²) in [4.78, 5) is 16.0. The number of ether oxygens (including phenoxy) is 1. The molecule has 3 unspecified atom stereocenters. The predicted octanol–water partition coefficient (Wildman–Crippen LogP) is 2.40. The summed E-state index contributed by atoms with van der Waals surface area (Å²) < 4.78 is 5.80. The zero-order chi connectivity index (χ0) is 14.9. The van der Waals surface area contributed by atoms with Gasteiger partial charge in [0.2, 0.25) is 0 Å². The predicted molar refractivity (Wildman–Crippen MR) is 79.8 cm³/mol. The lowest BCUT2D eigenvalue weighted by Gasteiger charge is -2.30. The zero-order valence-electron chi connectivity index (χ0n) is 12.6. The van der Waals surface area contributed by atoms with Gasteiger partial charge in [-0.25, -0.2) is 4.79 Å². The Kier molecular flexibility index (Phi) is 3.85. The Balaban J connectivity index is 1.51. The molecule has 3 rings (SSSR count). The monoisotopic (exact) mass is 289 g/mol. The molecule has 5 nitrogen and oxygen atoms in total. The van der Waals surface area contributed by atoms with Crippen molar-refractivity contribution >= 4 is 6.03 Å². The van der Waals surface area contributed by atoms with Crippen molar-refractivity contribution in [2.75, 3.05) is 6.61 Å². The largest absolute Gasteiger partial charge is 0.373 e. The third-order valence-electron chi connectivity index (χ3n) is 4.52. The Bertz CT molecular complexity index is 504. The van der Waals surface area contributed by atoms with Crippen molar-refractivity contribution in [1.29, 1.82) is 0 Å². The molecular weight excluding hydrogens is 266 g/mol. The highest BCUT2D eigenvalue weighted by atomic mass is 16.5. The van der Waals surface area contributed by atoms with Gasteiger partial charge in [-0.2, -0.15) is 0 Å². The van der Waals surface area contributed by atoms with Crippen molar-refractivity contribution in [3.63, 3.8) is 0 Å².